The van der Waals surface area contributed by atoms with E-state index in [1.807, 2.05) is 0 Å². The summed E-state index contributed by atoms with van der Waals surface area (Å²) in [4.78, 5) is 10.00. The van der Waals surface area contributed by atoms with Crippen LogP contribution in [-0.2, 0) is 10.1 Å². The molecule has 0 saturated heterocycles. The van der Waals surface area contributed by atoms with Gasteiger partial charge in [-0.2, -0.15) is 8.42 Å². The number of nitrogens with zero attached hydrogens (tertiary/aromatic N) is 1. The summed E-state index contributed by atoms with van der Waals surface area (Å²) in [5.74, 6) is -0.130. The molecule has 0 saturated carbocycles. The molecule has 2 aromatic carbocycles. The Morgan fingerprint density at radius 3 is 2.45 bits per heavy atom. The molecule has 0 aromatic heterocycles. The molecule has 114 valence electrons. The summed E-state index contributed by atoms with van der Waals surface area (Å²) in [6.45, 7) is 0. The first-order valence-corrected chi connectivity index (χ1v) is 7.83. The van der Waals surface area contributed by atoms with Crippen LogP contribution in [0.5, 0.6) is 5.75 Å². The van der Waals surface area contributed by atoms with Crippen LogP contribution in [0.1, 0.15) is 5.56 Å². The Hall–Kier alpha value is -2.38. The minimum Gasteiger partial charge on any atom is -0.379 e. The lowest BCUT2D eigenvalue weighted by Crippen LogP contribution is -2.05. The van der Waals surface area contributed by atoms with Gasteiger partial charge in [0.2, 0.25) is 0 Å². The van der Waals surface area contributed by atoms with E-state index < -0.39 is 15.0 Å². The van der Waals surface area contributed by atoms with Gasteiger partial charge < -0.3 is 4.18 Å². The molecule has 0 fully saturated rings. The fraction of sp³-hybridized carbons (Fsp3) is 0. The molecule has 0 radical (unpaired) electrons. The van der Waals surface area contributed by atoms with E-state index in [1.165, 1.54) is 24.3 Å². The van der Waals surface area contributed by atoms with Crippen LogP contribution in [0, 0.1) is 10.1 Å². The van der Waals surface area contributed by atoms with Crippen molar-refractivity contribution in [2.24, 2.45) is 0 Å². The molecule has 0 aliphatic rings. The molecule has 2 aromatic rings. The fourth-order valence-corrected chi connectivity index (χ4v) is 2.42. The zero-order valence-electron chi connectivity index (χ0n) is 11.0. The summed E-state index contributed by atoms with van der Waals surface area (Å²) < 4.78 is 28.4. The molecule has 0 N–H and O–H groups in total. The molecule has 0 unspecified atom stereocenters. The Balaban J connectivity index is 2.15. The van der Waals surface area contributed by atoms with Crippen LogP contribution >= 0.6 is 11.6 Å². The Morgan fingerprint density at radius 1 is 1.14 bits per heavy atom. The first-order valence-electron chi connectivity index (χ1n) is 5.98. The average molecular weight is 340 g/mol. The molecule has 8 heteroatoms. The summed E-state index contributed by atoms with van der Waals surface area (Å²) in [5, 5.41) is 12.0. The minimum absolute atomic E-state index is 0.130. The van der Waals surface area contributed by atoms with Gasteiger partial charge in [0.25, 0.3) is 5.69 Å². The van der Waals surface area contributed by atoms with Crippen LogP contribution in [0.4, 0.5) is 5.69 Å². The minimum atomic E-state index is -4.02. The maximum absolute atomic E-state index is 11.8. The first kappa shape index (κ1) is 16.0. The lowest BCUT2D eigenvalue weighted by Gasteiger charge is -2.03. The highest BCUT2D eigenvalue weighted by molar-refractivity contribution is 7.90. The van der Waals surface area contributed by atoms with E-state index in [-0.39, 0.29) is 11.4 Å². The molecule has 22 heavy (non-hydrogen) atoms. The molecule has 0 amide bonds. The van der Waals surface area contributed by atoms with Crippen molar-refractivity contribution in [3.8, 4) is 5.75 Å². The van der Waals surface area contributed by atoms with E-state index in [0.29, 0.717) is 10.6 Å². The number of benzene rings is 2. The van der Waals surface area contributed by atoms with E-state index in [2.05, 4.69) is 0 Å². The highest BCUT2D eigenvalue weighted by Crippen LogP contribution is 2.21. The standard InChI is InChI=1S/C14H10ClNO5S/c15-12-6-4-11(5-7-12)8-9-22(19,20)21-14-3-1-2-13(10-14)16(17)18/h1-10H/b9-8+. The van der Waals surface area contributed by atoms with E-state index in [1.54, 1.807) is 24.3 Å². The quantitative estimate of drug-likeness (QED) is 0.471. The zero-order valence-corrected chi connectivity index (χ0v) is 12.6. The van der Waals surface area contributed by atoms with Gasteiger partial charge in [0.05, 0.1) is 16.4 Å². The predicted octanol–water partition coefficient (Wildman–Crippen LogP) is 3.63. The van der Waals surface area contributed by atoms with Crippen molar-refractivity contribution in [1.29, 1.82) is 0 Å². The van der Waals surface area contributed by atoms with E-state index >= 15 is 0 Å². The van der Waals surface area contributed by atoms with Crippen molar-refractivity contribution in [2.75, 3.05) is 0 Å². The summed E-state index contributed by atoms with van der Waals surface area (Å²) in [6.07, 6.45) is 1.34. The van der Waals surface area contributed by atoms with Crippen molar-refractivity contribution in [3.05, 3.63) is 74.6 Å². The van der Waals surface area contributed by atoms with Crippen molar-refractivity contribution in [2.45, 2.75) is 0 Å². The maximum Gasteiger partial charge on any atom is 0.332 e. The summed E-state index contributed by atoms with van der Waals surface area (Å²) >= 11 is 5.73. The molecule has 2 rings (SSSR count). The van der Waals surface area contributed by atoms with Gasteiger partial charge in [-0.25, -0.2) is 0 Å². The number of hydrogen-bond donors (Lipinski definition) is 0. The molecule has 0 aliphatic heterocycles. The van der Waals surface area contributed by atoms with Gasteiger partial charge in [0.15, 0.2) is 0 Å². The van der Waals surface area contributed by atoms with Crippen LogP contribution in [0.2, 0.25) is 5.02 Å². The summed E-state index contributed by atoms with van der Waals surface area (Å²) in [5.41, 5.74) is 0.366. The van der Waals surface area contributed by atoms with Crippen LogP contribution in [0.15, 0.2) is 53.9 Å². The number of non-ortho nitro benzene ring substituents is 1. The van der Waals surface area contributed by atoms with Crippen molar-refractivity contribution in [3.63, 3.8) is 0 Å². The second kappa shape index (κ2) is 6.59. The van der Waals surface area contributed by atoms with Gasteiger partial charge >= 0.3 is 10.1 Å². The molecular weight excluding hydrogens is 330 g/mol. The van der Waals surface area contributed by atoms with Crippen molar-refractivity contribution < 1.29 is 17.5 Å². The first-order chi connectivity index (χ1) is 10.4. The van der Waals surface area contributed by atoms with Crippen LogP contribution in [0.3, 0.4) is 0 Å². The second-order valence-electron chi connectivity index (χ2n) is 4.18. The SMILES string of the molecule is O=[N+]([O-])c1cccc(OS(=O)(=O)/C=C/c2ccc(Cl)cc2)c1. The van der Waals surface area contributed by atoms with Gasteiger partial charge in [0.1, 0.15) is 5.75 Å². The molecule has 0 spiro atoms. The van der Waals surface area contributed by atoms with Crippen molar-refractivity contribution in [1.82, 2.24) is 0 Å². The zero-order chi connectivity index (χ0) is 16.2. The average Bonchev–Trinajstić information content (AvgIpc) is 2.46. The Labute approximate surface area is 131 Å². The third-order valence-corrected chi connectivity index (χ3v) is 3.68. The van der Waals surface area contributed by atoms with Crippen LogP contribution in [-0.4, -0.2) is 13.3 Å². The molecule has 0 atom stereocenters. The Morgan fingerprint density at radius 2 is 1.82 bits per heavy atom. The van der Waals surface area contributed by atoms with E-state index in [4.69, 9.17) is 15.8 Å². The molecule has 0 aliphatic carbocycles. The Bertz CT molecular complexity index is 815. The van der Waals surface area contributed by atoms with Gasteiger partial charge in [-0.05, 0) is 29.8 Å². The molecule has 0 heterocycles. The highest BCUT2D eigenvalue weighted by Gasteiger charge is 2.12. The van der Waals surface area contributed by atoms with Gasteiger partial charge in [0, 0.05) is 11.1 Å². The lowest BCUT2D eigenvalue weighted by atomic mass is 10.2. The molecular formula is C14H10ClNO5S. The van der Waals surface area contributed by atoms with Gasteiger partial charge in [-0.3, -0.25) is 10.1 Å². The largest absolute Gasteiger partial charge is 0.379 e. The highest BCUT2D eigenvalue weighted by atomic mass is 35.5. The third kappa shape index (κ3) is 4.57. The van der Waals surface area contributed by atoms with Crippen LogP contribution < -0.4 is 4.18 Å². The summed E-state index contributed by atoms with van der Waals surface area (Å²) in [6, 6.07) is 11.5. The van der Waals surface area contributed by atoms with E-state index in [9.17, 15) is 18.5 Å². The monoisotopic (exact) mass is 339 g/mol. The van der Waals surface area contributed by atoms with Gasteiger partial charge in [-0.15, -0.1) is 0 Å². The third-order valence-electron chi connectivity index (χ3n) is 2.54. The normalized spacial score (nSPS) is 11.5. The fourth-order valence-electron chi connectivity index (χ4n) is 1.55. The number of rotatable bonds is 5. The lowest BCUT2D eigenvalue weighted by molar-refractivity contribution is -0.384. The maximum atomic E-state index is 11.8. The predicted molar refractivity (Wildman–Crippen MR) is 83.1 cm³/mol. The summed E-state index contributed by atoms with van der Waals surface area (Å²) in [7, 11) is -4.02. The number of nitro groups is 1. The number of halogens is 1. The van der Waals surface area contributed by atoms with E-state index in [0.717, 1.165) is 11.5 Å². The smallest absolute Gasteiger partial charge is 0.332 e. The van der Waals surface area contributed by atoms with Crippen LogP contribution in [0.25, 0.3) is 6.08 Å². The number of nitro benzene ring substituents is 1. The Kier molecular flexibility index (Phi) is 4.79. The van der Waals surface area contributed by atoms with Crippen molar-refractivity contribution >= 4 is 33.5 Å². The number of hydrogen-bond acceptors (Lipinski definition) is 5. The molecule has 0 bridgehead atoms. The second-order valence-corrected chi connectivity index (χ2v) is 6.05. The topological polar surface area (TPSA) is 86.5 Å². The molecule has 6 nitrogen and oxygen atoms in total. The van der Waals surface area contributed by atoms with Gasteiger partial charge in [-0.1, -0.05) is 29.8 Å².